The number of nitro groups is 1. The first-order chi connectivity index (χ1) is 16.8. The number of carbonyl (C=O) groups is 1. The van der Waals surface area contributed by atoms with E-state index in [-0.39, 0.29) is 39.4 Å². The molecule has 4 aromatic carbocycles. The van der Waals surface area contributed by atoms with Crippen molar-refractivity contribution >= 4 is 51.8 Å². The number of nitrogens with zero attached hydrogens (tertiary/aromatic N) is 2. The fraction of sp³-hybridized carbons (Fsp3) is 0.0400. The van der Waals surface area contributed by atoms with Crippen molar-refractivity contribution in [3.05, 3.63) is 110 Å². The molecule has 35 heavy (non-hydrogen) atoms. The molecule has 4 aromatic rings. The topological polar surface area (TPSA) is 114 Å². The fourth-order valence-electron chi connectivity index (χ4n) is 3.30. The summed E-state index contributed by atoms with van der Waals surface area (Å²) < 4.78 is 5.68. The van der Waals surface area contributed by atoms with Crippen LogP contribution in [0.5, 0.6) is 11.5 Å². The molecule has 176 valence electrons. The van der Waals surface area contributed by atoms with Gasteiger partial charge in [-0.2, -0.15) is 5.10 Å². The first-order valence-corrected chi connectivity index (χ1v) is 11.0. The van der Waals surface area contributed by atoms with Crippen LogP contribution < -0.4 is 10.2 Å². The molecule has 0 saturated heterocycles. The zero-order valence-electron chi connectivity index (χ0n) is 17.9. The van der Waals surface area contributed by atoms with Gasteiger partial charge in [0, 0.05) is 12.1 Å². The number of benzene rings is 4. The maximum atomic E-state index is 12.5. The SMILES string of the molecule is O=C(NN=Cc1cc(Cl)c(OCc2ccc([N+](=O)[O-])cc2)c(Cl)c1)c1cc2ccccc2cc1O. The molecule has 4 rings (SSSR count). The highest BCUT2D eigenvalue weighted by atomic mass is 35.5. The van der Waals surface area contributed by atoms with Crippen LogP contribution in [0.3, 0.4) is 0 Å². The third-order valence-corrected chi connectivity index (χ3v) is 5.60. The van der Waals surface area contributed by atoms with Crippen LogP contribution in [0.1, 0.15) is 21.5 Å². The molecule has 0 aliphatic heterocycles. The van der Waals surface area contributed by atoms with Crippen molar-refractivity contribution in [2.45, 2.75) is 6.61 Å². The summed E-state index contributed by atoms with van der Waals surface area (Å²) in [5.74, 6) is -0.490. The van der Waals surface area contributed by atoms with Crippen molar-refractivity contribution in [3.63, 3.8) is 0 Å². The van der Waals surface area contributed by atoms with Crippen molar-refractivity contribution in [2.75, 3.05) is 0 Å². The Morgan fingerprint density at radius 3 is 2.29 bits per heavy atom. The summed E-state index contributed by atoms with van der Waals surface area (Å²) in [5.41, 5.74) is 3.65. The Kier molecular flexibility index (Phi) is 7.14. The molecule has 10 heteroatoms. The molecule has 0 unspecified atom stereocenters. The summed E-state index contributed by atoms with van der Waals surface area (Å²) in [6, 6.07) is 19.5. The third kappa shape index (κ3) is 5.68. The van der Waals surface area contributed by atoms with Crippen LogP contribution in [0.25, 0.3) is 10.8 Å². The predicted molar refractivity (Wildman–Crippen MR) is 135 cm³/mol. The number of amides is 1. The van der Waals surface area contributed by atoms with E-state index in [9.17, 15) is 20.0 Å². The van der Waals surface area contributed by atoms with E-state index in [4.69, 9.17) is 27.9 Å². The van der Waals surface area contributed by atoms with E-state index in [0.29, 0.717) is 11.1 Å². The number of halogens is 2. The van der Waals surface area contributed by atoms with Crippen LogP contribution in [-0.4, -0.2) is 22.2 Å². The Balaban J connectivity index is 1.42. The number of nitro benzene ring substituents is 1. The van der Waals surface area contributed by atoms with Crippen molar-refractivity contribution in [2.24, 2.45) is 5.10 Å². The van der Waals surface area contributed by atoms with Crippen molar-refractivity contribution < 1.29 is 19.6 Å². The number of ether oxygens (including phenoxy) is 1. The average molecular weight is 510 g/mol. The molecular formula is C25H17Cl2N3O5. The Labute approximate surface area is 209 Å². The second-order valence-corrected chi connectivity index (χ2v) is 8.26. The van der Waals surface area contributed by atoms with Crippen LogP contribution in [0, 0.1) is 10.1 Å². The molecule has 0 aliphatic carbocycles. The summed E-state index contributed by atoms with van der Waals surface area (Å²) in [4.78, 5) is 22.7. The second-order valence-electron chi connectivity index (χ2n) is 7.44. The lowest BCUT2D eigenvalue weighted by molar-refractivity contribution is -0.384. The van der Waals surface area contributed by atoms with E-state index in [1.807, 2.05) is 24.3 Å². The highest BCUT2D eigenvalue weighted by Gasteiger charge is 2.13. The third-order valence-electron chi connectivity index (χ3n) is 5.04. The van der Waals surface area contributed by atoms with Gasteiger partial charge in [0.25, 0.3) is 11.6 Å². The number of hydrogen-bond acceptors (Lipinski definition) is 6. The molecular weight excluding hydrogens is 493 g/mol. The average Bonchev–Trinajstić information content (AvgIpc) is 2.83. The molecule has 8 nitrogen and oxygen atoms in total. The predicted octanol–water partition coefficient (Wildman–Crippen LogP) is 6.10. The number of carbonyl (C=O) groups excluding carboxylic acids is 1. The number of phenolic OH excluding ortho intramolecular Hbond substituents is 1. The lowest BCUT2D eigenvalue weighted by Crippen LogP contribution is -2.17. The molecule has 0 saturated carbocycles. The Bertz CT molecular complexity index is 1430. The van der Waals surface area contributed by atoms with Crippen LogP contribution in [0.4, 0.5) is 5.69 Å². The van der Waals surface area contributed by atoms with Crippen LogP contribution >= 0.6 is 23.2 Å². The molecule has 0 aromatic heterocycles. The van der Waals surface area contributed by atoms with E-state index >= 15 is 0 Å². The molecule has 0 heterocycles. The lowest BCUT2D eigenvalue weighted by Gasteiger charge is -2.11. The second kappa shape index (κ2) is 10.4. The molecule has 0 fully saturated rings. The Morgan fingerprint density at radius 1 is 1.03 bits per heavy atom. The summed E-state index contributed by atoms with van der Waals surface area (Å²) >= 11 is 12.6. The molecule has 0 atom stereocenters. The number of aromatic hydroxyl groups is 1. The van der Waals surface area contributed by atoms with Crippen molar-refractivity contribution in [1.82, 2.24) is 5.43 Å². The smallest absolute Gasteiger partial charge is 0.275 e. The molecule has 0 bridgehead atoms. The number of hydrazone groups is 1. The highest BCUT2D eigenvalue weighted by Crippen LogP contribution is 2.34. The Hall–Kier alpha value is -4.14. The lowest BCUT2D eigenvalue weighted by atomic mass is 10.1. The van der Waals surface area contributed by atoms with Gasteiger partial charge in [-0.1, -0.05) is 47.5 Å². The van der Waals surface area contributed by atoms with Gasteiger partial charge in [-0.05, 0) is 58.3 Å². The zero-order chi connectivity index (χ0) is 24.9. The van der Waals surface area contributed by atoms with Crippen LogP contribution in [-0.2, 0) is 6.61 Å². The van der Waals surface area contributed by atoms with Crippen LogP contribution in [0.2, 0.25) is 10.0 Å². The van der Waals surface area contributed by atoms with Gasteiger partial charge >= 0.3 is 0 Å². The van der Waals surface area contributed by atoms with Gasteiger partial charge in [0.05, 0.1) is 26.7 Å². The number of rotatable bonds is 7. The summed E-state index contributed by atoms with van der Waals surface area (Å²) in [5, 5.41) is 26.9. The standard InChI is InChI=1S/C25H17Cl2N3O5/c26-21-9-16(10-22(27)24(21)35-14-15-5-7-19(8-6-15)30(33)34)13-28-29-25(32)20-11-17-3-1-2-4-18(17)12-23(20)31/h1-13,31H,14H2,(H,29,32). The monoisotopic (exact) mass is 509 g/mol. The minimum absolute atomic E-state index is 0.0172. The molecule has 0 spiro atoms. The first kappa shape index (κ1) is 24.0. The largest absolute Gasteiger partial charge is 0.507 e. The van der Waals surface area contributed by atoms with E-state index in [1.165, 1.54) is 24.4 Å². The van der Waals surface area contributed by atoms with Gasteiger partial charge in [-0.25, -0.2) is 5.43 Å². The quantitative estimate of drug-likeness (QED) is 0.177. The maximum Gasteiger partial charge on any atom is 0.275 e. The minimum Gasteiger partial charge on any atom is -0.507 e. The number of phenols is 1. The molecule has 1 amide bonds. The van der Waals surface area contributed by atoms with E-state index < -0.39 is 10.8 Å². The fourth-order valence-corrected chi connectivity index (χ4v) is 3.91. The number of nitrogens with one attached hydrogen (secondary N) is 1. The number of hydrogen-bond donors (Lipinski definition) is 2. The summed E-state index contributed by atoms with van der Waals surface area (Å²) in [6.45, 7) is 0.107. The molecule has 2 N–H and O–H groups in total. The van der Waals surface area contributed by atoms with Gasteiger partial charge in [0.1, 0.15) is 12.4 Å². The number of fused-ring (bicyclic) bond motifs is 1. The van der Waals surface area contributed by atoms with Gasteiger partial charge < -0.3 is 9.84 Å². The minimum atomic E-state index is -0.579. The van der Waals surface area contributed by atoms with Crippen molar-refractivity contribution in [3.8, 4) is 11.5 Å². The summed E-state index contributed by atoms with van der Waals surface area (Å²) in [7, 11) is 0. The van der Waals surface area contributed by atoms with Gasteiger partial charge in [0.2, 0.25) is 0 Å². The number of non-ortho nitro benzene ring substituents is 1. The van der Waals surface area contributed by atoms with E-state index in [0.717, 1.165) is 10.8 Å². The normalized spacial score (nSPS) is 11.0. The van der Waals surface area contributed by atoms with Gasteiger partial charge in [-0.15, -0.1) is 0 Å². The highest BCUT2D eigenvalue weighted by molar-refractivity contribution is 6.37. The van der Waals surface area contributed by atoms with E-state index in [2.05, 4.69) is 10.5 Å². The maximum absolute atomic E-state index is 12.5. The van der Waals surface area contributed by atoms with Gasteiger partial charge in [0.15, 0.2) is 5.75 Å². The van der Waals surface area contributed by atoms with Gasteiger partial charge in [-0.3, -0.25) is 14.9 Å². The zero-order valence-corrected chi connectivity index (χ0v) is 19.5. The van der Waals surface area contributed by atoms with E-state index in [1.54, 1.807) is 30.3 Å². The Morgan fingerprint density at radius 2 is 1.66 bits per heavy atom. The van der Waals surface area contributed by atoms with Crippen molar-refractivity contribution in [1.29, 1.82) is 0 Å². The van der Waals surface area contributed by atoms with Crippen LogP contribution in [0.15, 0.2) is 77.9 Å². The molecule has 0 aliphatic rings. The summed E-state index contributed by atoms with van der Waals surface area (Å²) in [6.07, 6.45) is 1.36. The molecule has 0 radical (unpaired) electrons. The first-order valence-electron chi connectivity index (χ1n) is 10.2.